The van der Waals surface area contributed by atoms with Gasteiger partial charge in [-0.25, -0.2) is 0 Å². The van der Waals surface area contributed by atoms with Crippen molar-refractivity contribution < 1.29 is 13.5 Å². The van der Waals surface area contributed by atoms with E-state index in [1.165, 1.54) is 0 Å². The molecule has 2 N–H and O–H groups in total. The van der Waals surface area contributed by atoms with Crippen LogP contribution in [0.3, 0.4) is 0 Å². The summed E-state index contributed by atoms with van der Waals surface area (Å²) in [7, 11) is -2.59. The van der Waals surface area contributed by atoms with Gasteiger partial charge in [-0.3, -0.25) is 0 Å². The van der Waals surface area contributed by atoms with E-state index in [9.17, 15) is 8.76 Å². The summed E-state index contributed by atoms with van der Waals surface area (Å²) >= 11 is 5.27. The van der Waals surface area contributed by atoms with Crippen molar-refractivity contribution >= 4 is 27.5 Å². The van der Waals surface area contributed by atoms with Gasteiger partial charge in [0, 0.05) is 19.5 Å². The molecule has 92 valence electrons. The molecule has 0 bridgehead atoms. The van der Waals surface area contributed by atoms with Crippen molar-refractivity contribution in [3.8, 4) is 0 Å². The number of hydrogen-bond donors (Lipinski definition) is 2. The normalized spacial score (nSPS) is 35.1. The third-order valence-electron chi connectivity index (χ3n) is 2.87. The average molecular weight is 265 g/mol. The van der Waals surface area contributed by atoms with Crippen LogP contribution in [0.25, 0.3) is 0 Å². The summed E-state index contributed by atoms with van der Waals surface area (Å²) in [5.74, 6) is 0.702. The monoisotopic (exact) mass is 265 g/mol. The molecule has 0 aromatic rings. The minimum Gasteiger partial charge on any atom is -0.378 e. The van der Waals surface area contributed by atoms with E-state index >= 15 is 0 Å². The lowest BCUT2D eigenvalue weighted by Gasteiger charge is -2.30. The van der Waals surface area contributed by atoms with Gasteiger partial charge in [0.2, 0.25) is 10.2 Å². The average Bonchev–Trinajstić information content (AvgIpc) is 2.59. The van der Waals surface area contributed by atoms with Crippen LogP contribution >= 0.6 is 12.2 Å². The molecule has 0 aromatic carbocycles. The Labute approximate surface area is 102 Å². The molecule has 2 rings (SSSR count). The molecular formula is C9H17N2O3S2+. The van der Waals surface area contributed by atoms with E-state index in [4.69, 9.17) is 17.0 Å². The van der Waals surface area contributed by atoms with Crippen LogP contribution in [-0.4, -0.2) is 58.4 Å². The highest BCUT2D eigenvalue weighted by Crippen LogP contribution is 2.16. The summed E-state index contributed by atoms with van der Waals surface area (Å²) in [6.45, 7) is 2.99. The minimum absolute atomic E-state index is 0.0489. The maximum Gasteiger partial charge on any atom is 0.216 e. The fourth-order valence-electron chi connectivity index (χ4n) is 1.95. The second kappa shape index (κ2) is 4.95. The van der Waals surface area contributed by atoms with E-state index in [2.05, 4.69) is 10.2 Å². The molecule has 2 aliphatic rings. The van der Waals surface area contributed by atoms with Crippen molar-refractivity contribution in [1.29, 1.82) is 0 Å². The van der Waals surface area contributed by atoms with E-state index in [1.54, 1.807) is 0 Å². The summed E-state index contributed by atoms with van der Waals surface area (Å²) in [6.07, 6.45) is 0.722. The van der Waals surface area contributed by atoms with Crippen molar-refractivity contribution in [3.63, 3.8) is 0 Å². The maximum absolute atomic E-state index is 11.4. The first-order valence-electron chi connectivity index (χ1n) is 5.42. The summed E-state index contributed by atoms with van der Waals surface area (Å²) in [4.78, 5) is 2.05. The molecule has 2 aliphatic heterocycles. The highest BCUT2D eigenvalue weighted by atomic mass is 32.3. The fraction of sp³-hybridized carbons (Fsp3) is 0.889. The minimum atomic E-state index is -2.59. The molecule has 5 nitrogen and oxygen atoms in total. The zero-order valence-electron chi connectivity index (χ0n) is 9.05. The predicted octanol–water partition coefficient (Wildman–Crippen LogP) is -0.0621. The largest absolute Gasteiger partial charge is 0.378 e. The lowest BCUT2D eigenvalue weighted by molar-refractivity contribution is 0.0674. The zero-order valence-corrected chi connectivity index (χ0v) is 10.7. The van der Waals surface area contributed by atoms with Gasteiger partial charge < -0.3 is 15.0 Å². The molecule has 2 saturated heterocycles. The number of nitrogens with zero attached hydrogens (tertiary/aromatic N) is 1. The van der Waals surface area contributed by atoms with Gasteiger partial charge in [-0.1, -0.05) is 4.21 Å². The standard InChI is InChI=1S/C9H16N2O3S2/c12-16(13)6-1-8(7-16)10-9(15)11-2-4-14-5-3-11/h8H,1-7H2,(H-,10,12,13,15)/p+1/t8-/m1/s1. The van der Waals surface area contributed by atoms with Crippen molar-refractivity contribution in [3.05, 3.63) is 0 Å². The van der Waals surface area contributed by atoms with Crippen molar-refractivity contribution in [2.24, 2.45) is 0 Å². The van der Waals surface area contributed by atoms with E-state index in [0.29, 0.717) is 29.8 Å². The number of thiocarbonyl (C=S) groups is 1. The summed E-state index contributed by atoms with van der Waals surface area (Å²) < 4.78 is 26.0. The Bertz CT molecular complexity index is 318. The molecular weight excluding hydrogens is 248 g/mol. The molecule has 7 heteroatoms. The highest BCUT2D eigenvalue weighted by molar-refractivity contribution is 7.98. The lowest BCUT2D eigenvalue weighted by atomic mass is 10.3. The highest BCUT2D eigenvalue weighted by Gasteiger charge is 2.39. The van der Waals surface area contributed by atoms with Gasteiger partial charge in [0.1, 0.15) is 5.75 Å². The Kier molecular flexibility index (Phi) is 3.78. The number of rotatable bonds is 1. The van der Waals surface area contributed by atoms with E-state index in [-0.39, 0.29) is 6.04 Å². The Hall–Kier alpha value is -0.240. The molecule has 2 atom stereocenters. The van der Waals surface area contributed by atoms with Crippen LogP contribution in [0.4, 0.5) is 0 Å². The summed E-state index contributed by atoms with van der Waals surface area (Å²) in [6, 6.07) is 0.0489. The lowest BCUT2D eigenvalue weighted by Crippen LogP contribution is -2.49. The van der Waals surface area contributed by atoms with E-state index < -0.39 is 10.2 Å². The Morgan fingerprint density at radius 1 is 1.50 bits per heavy atom. The maximum atomic E-state index is 11.4. The second-order valence-electron chi connectivity index (χ2n) is 4.18. The Morgan fingerprint density at radius 2 is 2.19 bits per heavy atom. The van der Waals surface area contributed by atoms with Crippen molar-refractivity contribution in [2.45, 2.75) is 12.5 Å². The fourth-order valence-corrected chi connectivity index (χ4v) is 4.00. The molecule has 16 heavy (non-hydrogen) atoms. The Morgan fingerprint density at radius 3 is 2.75 bits per heavy atom. The van der Waals surface area contributed by atoms with Gasteiger partial charge in [0.15, 0.2) is 10.9 Å². The number of hydrogen-bond acceptors (Lipinski definition) is 3. The van der Waals surface area contributed by atoms with Gasteiger partial charge in [-0.15, -0.1) is 0 Å². The van der Waals surface area contributed by atoms with Crippen LogP contribution in [0, 0.1) is 0 Å². The van der Waals surface area contributed by atoms with Gasteiger partial charge in [-0.2, -0.15) is 4.55 Å². The molecule has 0 radical (unpaired) electrons. The first-order valence-corrected chi connectivity index (χ1v) is 7.68. The molecule has 0 aliphatic carbocycles. The van der Waals surface area contributed by atoms with Crippen LogP contribution in [0.5, 0.6) is 0 Å². The van der Waals surface area contributed by atoms with Gasteiger partial charge in [0.25, 0.3) is 0 Å². The number of nitrogens with one attached hydrogen (secondary N) is 1. The molecule has 0 amide bonds. The third kappa shape index (κ3) is 3.13. The topological polar surface area (TPSA) is 61.8 Å². The van der Waals surface area contributed by atoms with E-state index in [1.807, 2.05) is 0 Å². The van der Waals surface area contributed by atoms with Crippen LogP contribution in [0.2, 0.25) is 0 Å². The van der Waals surface area contributed by atoms with Gasteiger partial charge in [-0.05, 0) is 12.2 Å². The van der Waals surface area contributed by atoms with Crippen LogP contribution in [0.1, 0.15) is 6.42 Å². The third-order valence-corrected chi connectivity index (χ3v) is 5.05. The van der Waals surface area contributed by atoms with Crippen LogP contribution in [0.15, 0.2) is 0 Å². The number of morpholine rings is 1. The quantitative estimate of drug-likeness (QED) is 0.511. The zero-order chi connectivity index (χ0) is 11.6. The van der Waals surface area contributed by atoms with Crippen molar-refractivity contribution in [2.75, 3.05) is 37.8 Å². The van der Waals surface area contributed by atoms with Crippen LogP contribution in [-0.2, 0) is 19.2 Å². The van der Waals surface area contributed by atoms with E-state index in [0.717, 1.165) is 19.5 Å². The van der Waals surface area contributed by atoms with Crippen molar-refractivity contribution in [1.82, 2.24) is 10.2 Å². The molecule has 2 fully saturated rings. The first kappa shape index (κ1) is 12.2. The molecule has 1 unspecified atom stereocenters. The smallest absolute Gasteiger partial charge is 0.216 e. The summed E-state index contributed by atoms with van der Waals surface area (Å²) in [5.41, 5.74) is 0. The first-order chi connectivity index (χ1) is 7.57. The number of ether oxygens (including phenoxy) is 1. The Balaban J connectivity index is 1.81. The molecule has 0 spiro atoms. The van der Waals surface area contributed by atoms with Gasteiger partial charge >= 0.3 is 0 Å². The molecule has 0 aromatic heterocycles. The molecule has 2 heterocycles. The second-order valence-corrected chi connectivity index (χ2v) is 6.85. The summed E-state index contributed by atoms with van der Waals surface area (Å²) in [5, 5.41) is 3.85. The molecule has 0 saturated carbocycles. The SMILES string of the molecule is O=[S+]1(O)CC[C@@H](NC(=S)N2CCOCC2)C1. The van der Waals surface area contributed by atoms with Crippen LogP contribution < -0.4 is 5.32 Å². The predicted molar refractivity (Wildman–Crippen MR) is 66.9 cm³/mol. The van der Waals surface area contributed by atoms with Gasteiger partial charge in [0.05, 0.1) is 19.3 Å².